The van der Waals surface area contributed by atoms with Gasteiger partial charge in [0.25, 0.3) is 0 Å². The Bertz CT molecular complexity index is 593. The van der Waals surface area contributed by atoms with Gasteiger partial charge in [-0.25, -0.2) is 0 Å². The third kappa shape index (κ3) is 6.52. The second kappa shape index (κ2) is 8.50. The van der Waals surface area contributed by atoms with Crippen molar-refractivity contribution in [2.45, 2.75) is 79.4 Å². The maximum Gasteiger partial charge on any atom is 0.309 e. The molecule has 140 valence electrons. The molecule has 0 unspecified atom stereocenters. The number of ether oxygens (including phenoxy) is 2. The summed E-state index contributed by atoms with van der Waals surface area (Å²) in [5.74, 6) is -1.19. The first kappa shape index (κ1) is 21.2. The van der Waals surface area contributed by atoms with Gasteiger partial charge in [-0.3, -0.25) is 9.59 Å². The number of hydrogen-bond donors (Lipinski definition) is 0. The highest BCUT2D eigenvalue weighted by molar-refractivity contribution is 5.80. The second-order valence-electron chi connectivity index (χ2n) is 7.93. The lowest BCUT2D eigenvalue weighted by atomic mass is 9.89. The van der Waals surface area contributed by atoms with Crippen LogP contribution in [0.2, 0.25) is 0 Å². The largest absolute Gasteiger partial charge is 0.462 e. The highest BCUT2D eigenvalue weighted by Crippen LogP contribution is 2.28. The van der Waals surface area contributed by atoms with E-state index in [0.717, 1.165) is 0 Å². The van der Waals surface area contributed by atoms with Crippen LogP contribution in [0.4, 0.5) is 0 Å². The molecule has 0 bridgehead atoms. The van der Waals surface area contributed by atoms with E-state index in [0.29, 0.717) is 0 Å². The molecule has 4 nitrogen and oxygen atoms in total. The molecule has 0 aliphatic rings. The first-order valence-corrected chi connectivity index (χ1v) is 8.90. The lowest BCUT2D eigenvalue weighted by Crippen LogP contribution is -2.29. The first-order chi connectivity index (χ1) is 11.4. The number of benzene rings is 1. The third-order valence-corrected chi connectivity index (χ3v) is 4.30. The Labute approximate surface area is 151 Å². The van der Waals surface area contributed by atoms with Crippen molar-refractivity contribution < 1.29 is 19.1 Å². The van der Waals surface area contributed by atoms with Gasteiger partial charge in [0.15, 0.2) is 0 Å². The zero-order valence-electron chi connectivity index (χ0n) is 16.8. The Kier molecular flexibility index (Phi) is 7.21. The number of hydrogen-bond acceptors (Lipinski definition) is 4. The van der Waals surface area contributed by atoms with Gasteiger partial charge in [0.1, 0.15) is 11.7 Å². The Hall–Kier alpha value is -1.84. The molecule has 0 aliphatic heterocycles. The molecular formula is C21H32O4. The van der Waals surface area contributed by atoms with Gasteiger partial charge >= 0.3 is 11.9 Å². The van der Waals surface area contributed by atoms with Crippen molar-refractivity contribution in [2.24, 2.45) is 5.92 Å². The van der Waals surface area contributed by atoms with Crippen molar-refractivity contribution >= 4 is 11.9 Å². The van der Waals surface area contributed by atoms with E-state index in [4.69, 9.17) is 9.47 Å². The van der Waals surface area contributed by atoms with Gasteiger partial charge in [0.2, 0.25) is 0 Å². The lowest BCUT2D eigenvalue weighted by molar-refractivity contribution is -0.163. The van der Waals surface area contributed by atoms with E-state index >= 15 is 0 Å². The van der Waals surface area contributed by atoms with Crippen molar-refractivity contribution in [1.29, 1.82) is 0 Å². The molecule has 1 aromatic carbocycles. The molecule has 0 aromatic heterocycles. The standard InChI is InChI=1S/C21H32O4/c1-13-10-9-11-14(2)19(13)16(4)17(5)24-20(23)15(3)12-18(22)25-21(6,7)8/h9-11,15-17H,12H2,1-8H3/t15-,16-,17+/m1/s1. The molecule has 0 radical (unpaired) electrons. The summed E-state index contributed by atoms with van der Waals surface area (Å²) in [4.78, 5) is 24.2. The molecule has 0 fully saturated rings. The van der Waals surface area contributed by atoms with Gasteiger partial charge in [-0.1, -0.05) is 32.0 Å². The zero-order valence-corrected chi connectivity index (χ0v) is 16.8. The van der Waals surface area contributed by atoms with Crippen molar-refractivity contribution in [2.75, 3.05) is 0 Å². The van der Waals surface area contributed by atoms with Gasteiger partial charge in [-0.2, -0.15) is 0 Å². The van der Waals surface area contributed by atoms with Gasteiger partial charge < -0.3 is 9.47 Å². The number of carbonyl (C=O) groups is 2. The molecule has 0 spiro atoms. The number of aryl methyl sites for hydroxylation is 2. The molecule has 0 heterocycles. The molecule has 3 atom stereocenters. The van der Waals surface area contributed by atoms with Crippen LogP contribution in [-0.4, -0.2) is 23.6 Å². The molecule has 4 heteroatoms. The quantitative estimate of drug-likeness (QED) is 0.699. The monoisotopic (exact) mass is 348 g/mol. The van der Waals surface area contributed by atoms with Crippen LogP contribution >= 0.6 is 0 Å². The van der Waals surface area contributed by atoms with Gasteiger partial charge in [0.05, 0.1) is 12.3 Å². The smallest absolute Gasteiger partial charge is 0.309 e. The lowest BCUT2D eigenvalue weighted by Gasteiger charge is -2.25. The number of carbonyl (C=O) groups excluding carboxylic acids is 2. The maximum atomic E-state index is 12.3. The minimum Gasteiger partial charge on any atom is -0.462 e. The van der Waals surface area contributed by atoms with Crippen molar-refractivity contribution in [3.8, 4) is 0 Å². The molecule has 0 aliphatic carbocycles. The normalized spacial score (nSPS) is 15.2. The predicted octanol–water partition coefficient (Wildman–Crippen LogP) is 4.71. The molecule has 0 N–H and O–H groups in total. The maximum absolute atomic E-state index is 12.3. The summed E-state index contributed by atoms with van der Waals surface area (Å²) in [6.07, 6.45) is -0.242. The van der Waals surface area contributed by atoms with E-state index in [2.05, 4.69) is 32.9 Å². The van der Waals surface area contributed by atoms with Crippen LogP contribution in [0.25, 0.3) is 0 Å². The highest BCUT2D eigenvalue weighted by atomic mass is 16.6. The van der Waals surface area contributed by atoms with E-state index in [1.165, 1.54) is 16.7 Å². The fourth-order valence-electron chi connectivity index (χ4n) is 2.90. The third-order valence-electron chi connectivity index (χ3n) is 4.30. The fourth-order valence-corrected chi connectivity index (χ4v) is 2.90. The van der Waals surface area contributed by atoms with Crippen molar-refractivity contribution in [1.82, 2.24) is 0 Å². The summed E-state index contributed by atoms with van der Waals surface area (Å²) in [7, 11) is 0. The minimum absolute atomic E-state index is 0.0284. The van der Waals surface area contributed by atoms with Crippen molar-refractivity contribution in [3.05, 3.63) is 34.9 Å². The van der Waals surface area contributed by atoms with Crippen LogP contribution in [-0.2, 0) is 19.1 Å². The Morgan fingerprint density at radius 3 is 2.04 bits per heavy atom. The first-order valence-electron chi connectivity index (χ1n) is 8.90. The van der Waals surface area contributed by atoms with E-state index < -0.39 is 11.5 Å². The van der Waals surface area contributed by atoms with Gasteiger partial charge in [0, 0.05) is 5.92 Å². The molecule has 0 amide bonds. The van der Waals surface area contributed by atoms with E-state index in [-0.39, 0.29) is 30.4 Å². The SMILES string of the molecule is Cc1cccc(C)c1[C@H](C)[C@H](C)OC(=O)[C@H](C)CC(=O)OC(C)(C)C. The summed E-state index contributed by atoms with van der Waals surface area (Å²) < 4.78 is 10.9. The average molecular weight is 348 g/mol. The summed E-state index contributed by atoms with van der Waals surface area (Å²) in [6, 6.07) is 6.16. The van der Waals surface area contributed by atoms with Gasteiger partial charge in [-0.15, -0.1) is 0 Å². The molecule has 1 rings (SSSR count). The zero-order chi connectivity index (χ0) is 19.4. The Morgan fingerprint density at radius 1 is 1.04 bits per heavy atom. The van der Waals surface area contributed by atoms with Crippen LogP contribution in [0, 0.1) is 19.8 Å². The summed E-state index contributed by atoms with van der Waals surface area (Å²) >= 11 is 0. The minimum atomic E-state index is -0.551. The Morgan fingerprint density at radius 2 is 1.56 bits per heavy atom. The van der Waals surface area contributed by atoms with Crippen LogP contribution < -0.4 is 0 Å². The number of esters is 2. The van der Waals surface area contributed by atoms with Crippen molar-refractivity contribution in [3.63, 3.8) is 0 Å². The summed E-state index contributed by atoms with van der Waals surface area (Å²) in [5.41, 5.74) is 3.04. The number of rotatable bonds is 6. The summed E-state index contributed by atoms with van der Waals surface area (Å²) in [6.45, 7) is 15.2. The second-order valence-corrected chi connectivity index (χ2v) is 7.93. The van der Waals surface area contributed by atoms with Crippen LogP contribution in [0.15, 0.2) is 18.2 Å². The summed E-state index contributed by atoms with van der Waals surface area (Å²) in [5, 5.41) is 0. The van der Waals surface area contributed by atoms with E-state index in [9.17, 15) is 9.59 Å². The Balaban J connectivity index is 2.68. The van der Waals surface area contributed by atoms with Gasteiger partial charge in [-0.05, 0) is 58.2 Å². The predicted molar refractivity (Wildman–Crippen MR) is 99.5 cm³/mol. The molecular weight excluding hydrogens is 316 g/mol. The molecule has 0 saturated carbocycles. The molecule has 25 heavy (non-hydrogen) atoms. The van der Waals surface area contributed by atoms with E-state index in [1.807, 2.05) is 33.8 Å². The topological polar surface area (TPSA) is 52.6 Å². The van der Waals surface area contributed by atoms with Crippen LogP contribution in [0.5, 0.6) is 0 Å². The fraction of sp³-hybridized carbons (Fsp3) is 0.619. The average Bonchev–Trinajstić information content (AvgIpc) is 2.44. The molecule has 1 aromatic rings. The van der Waals surface area contributed by atoms with Crippen LogP contribution in [0.1, 0.15) is 70.6 Å². The van der Waals surface area contributed by atoms with E-state index in [1.54, 1.807) is 6.92 Å². The molecule has 0 saturated heterocycles. The van der Waals surface area contributed by atoms with Crippen LogP contribution in [0.3, 0.4) is 0 Å². The highest BCUT2D eigenvalue weighted by Gasteiger charge is 2.27.